The zero-order chi connectivity index (χ0) is 20.5. The first kappa shape index (κ1) is 19.9. The van der Waals surface area contributed by atoms with Crippen LogP contribution in [0.15, 0.2) is 24.3 Å². The van der Waals surface area contributed by atoms with E-state index in [1.807, 2.05) is 39.8 Å². The maximum Gasteiger partial charge on any atom is 0.410 e. The van der Waals surface area contributed by atoms with E-state index in [1.165, 1.54) is 6.07 Å². The van der Waals surface area contributed by atoms with Crippen molar-refractivity contribution in [1.29, 1.82) is 0 Å². The molecule has 2 aromatic rings. The van der Waals surface area contributed by atoms with Crippen LogP contribution in [0.2, 0.25) is 0 Å². The van der Waals surface area contributed by atoms with E-state index in [2.05, 4.69) is 9.88 Å². The van der Waals surface area contributed by atoms with E-state index >= 15 is 0 Å². The van der Waals surface area contributed by atoms with Crippen molar-refractivity contribution in [3.05, 3.63) is 40.1 Å². The third-order valence-corrected chi connectivity index (χ3v) is 4.61. The number of para-hydroxylation sites is 1. The van der Waals surface area contributed by atoms with E-state index in [4.69, 9.17) is 4.74 Å². The maximum atomic E-state index is 12.4. The van der Waals surface area contributed by atoms with Crippen LogP contribution in [0.1, 0.15) is 32.9 Å². The Hall–Kier alpha value is -2.90. The Bertz CT molecular complexity index is 907. The highest BCUT2D eigenvalue weighted by molar-refractivity contribution is 5.97. The minimum absolute atomic E-state index is 0.00709. The van der Waals surface area contributed by atoms with E-state index < -0.39 is 10.5 Å². The molecule has 8 nitrogen and oxygen atoms in total. The topological polar surface area (TPSA) is 88.8 Å². The van der Waals surface area contributed by atoms with E-state index in [-0.39, 0.29) is 11.8 Å². The monoisotopic (exact) mass is 386 g/mol. The molecule has 0 bridgehead atoms. The van der Waals surface area contributed by atoms with Gasteiger partial charge in [-0.3, -0.25) is 10.1 Å². The van der Waals surface area contributed by atoms with Crippen LogP contribution in [-0.2, 0) is 4.74 Å². The van der Waals surface area contributed by atoms with Gasteiger partial charge in [-0.15, -0.1) is 0 Å². The minimum atomic E-state index is -0.527. The summed E-state index contributed by atoms with van der Waals surface area (Å²) in [5, 5.41) is 12.1. The molecule has 0 saturated carbocycles. The molecule has 0 atom stereocenters. The van der Waals surface area contributed by atoms with Crippen molar-refractivity contribution in [2.75, 3.05) is 31.1 Å². The number of nitro groups is 1. The summed E-state index contributed by atoms with van der Waals surface area (Å²) in [6.07, 6.45) is 0.484. The summed E-state index contributed by atoms with van der Waals surface area (Å²) in [6, 6.07) is 6.98. The molecular weight excluding hydrogens is 360 g/mol. The lowest BCUT2D eigenvalue weighted by molar-refractivity contribution is -0.383. The fourth-order valence-electron chi connectivity index (χ4n) is 3.42. The number of fused-ring (bicyclic) bond motifs is 1. The summed E-state index contributed by atoms with van der Waals surface area (Å²) in [7, 11) is 0. The molecule has 150 valence electrons. The number of rotatable bonds is 2. The number of non-ortho nitro benzene ring substituents is 1. The second kappa shape index (κ2) is 7.61. The predicted molar refractivity (Wildman–Crippen MR) is 108 cm³/mol. The van der Waals surface area contributed by atoms with Crippen molar-refractivity contribution in [1.82, 2.24) is 9.88 Å². The number of aromatic nitrogens is 1. The first-order chi connectivity index (χ1) is 13.2. The molecule has 1 fully saturated rings. The van der Waals surface area contributed by atoms with Gasteiger partial charge < -0.3 is 14.5 Å². The third kappa shape index (κ3) is 4.32. The second-order valence-corrected chi connectivity index (χ2v) is 8.02. The molecule has 8 heteroatoms. The molecule has 0 radical (unpaired) electrons. The highest BCUT2D eigenvalue weighted by atomic mass is 16.6. The van der Waals surface area contributed by atoms with Crippen molar-refractivity contribution >= 4 is 28.4 Å². The van der Waals surface area contributed by atoms with Crippen molar-refractivity contribution in [3.8, 4) is 0 Å². The molecular formula is C20H26N4O4. The highest BCUT2D eigenvalue weighted by Gasteiger charge is 2.26. The fourth-order valence-corrected chi connectivity index (χ4v) is 3.42. The van der Waals surface area contributed by atoms with Crippen LogP contribution in [0.25, 0.3) is 10.9 Å². The molecule has 1 aromatic heterocycles. The van der Waals surface area contributed by atoms with Gasteiger partial charge in [-0.2, -0.15) is 0 Å². The molecule has 1 saturated heterocycles. The Balaban J connectivity index is 1.88. The lowest BCUT2D eigenvalue weighted by Gasteiger charge is -2.27. The third-order valence-electron chi connectivity index (χ3n) is 4.61. The summed E-state index contributed by atoms with van der Waals surface area (Å²) < 4.78 is 5.49. The van der Waals surface area contributed by atoms with Gasteiger partial charge in [0.05, 0.1) is 4.92 Å². The largest absolute Gasteiger partial charge is 0.444 e. The predicted octanol–water partition coefficient (Wildman–Crippen LogP) is 3.90. The molecule has 1 aromatic carbocycles. The number of benzene rings is 1. The van der Waals surface area contributed by atoms with Gasteiger partial charge in [0.15, 0.2) is 5.52 Å². The smallest absolute Gasteiger partial charge is 0.410 e. The normalized spacial score (nSPS) is 15.4. The molecule has 1 aliphatic heterocycles. The molecule has 1 aliphatic rings. The zero-order valence-electron chi connectivity index (χ0n) is 16.8. The number of nitrogens with zero attached hydrogens (tertiary/aromatic N) is 4. The molecule has 0 unspecified atom stereocenters. The standard InChI is InChI=1S/C20H26N4O4/c1-14-13-17(15-7-5-8-16(24(26)27)18(15)21-14)22-9-6-10-23(12-11-22)19(25)28-20(2,3)4/h5,7-8,13H,6,9-12H2,1-4H3. The molecule has 0 aliphatic carbocycles. The SMILES string of the molecule is Cc1cc(N2CCCN(C(=O)OC(C)(C)C)CC2)c2cccc([N+](=O)[O-])c2n1. The van der Waals surface area contributed by atoms with Crippen molar-refractivity contribution in [2.45, 2.75) is 39.7 Å². The Labute approximate surface area is 164 Å². The average molecular weight is 386 g/mol. The van der Waals surface area contributed by atoms with Gasteiger partial charge in [0.2, 0.25) is 0 Å². The van der Waals surface area contributed by atoms with Gasteiger partial charge in [0.25, 0.3) is 5.69 Å². The number of carbonyl (C=O) groups excluding carboxylic acids is 1. The lowest BCUT2D eigenvalue weighted by Crippen LogP contribution is -2.39. The zero-order valence-corrected chi connectivity index (χ0v) is 16.8. The Morgan fingerprint density at radius 2 is 1.96 bits per heavy atom. The number of hydrogen-bond donors (Lipinski definition) is 0. The van der Waals surface area contributed by atoms with Gasteiger partial charge in [-0.05, 0) is 40.2 Å². The number of anilines is 1. The van der Waals surface area contributed by atoms with Gasteiger partial charge >= 0.3 is 6.09 Å². The number of aryl methyl sites for hydroxylation is 1. The highest BCUT2D eigenvalue weighted by Crippen LogP contribution is 2.32. The van der Waals surface area contributed by atoms with Crippen LogP contribution in [0, 0.1) is 17.0 Å². The minimum Gasteiger partial charge on any atom is -0.444 e. The number of amides is 1. The molecule has 3 rings (SSSR count). The number of nitro benzene ring substituents is 1. The van der Waals surface area contributed by atoms with E-state index in [9.17, 15) is 14.9 Å². The first-order valence-corrected chi connectivity index (χ1v) is 9.43. The first-order valence-electron chi connectivity index (χ1n) is 9.43. The van der Waals surface area contributed by atoms with Crippen LogP contribution in [0.4, 0.5) is 16.2 Å². The van der Waals surface area contributed by atoms with Crippen LogP contribution >= 0.6 is 0 Å². The Morgan fingerprint density at radius 3 is 2.64 bits per heavy atom. The molecule has 0 N–H and O–H groups in total. The van der Waals surface area contributed by atoms with Crippen LogP contribution < -0.4 is 4.90 Å². The Morgan fingerprint density at radius 1 is 1.21 bits per heavy atom. The summed E-state index contributed by atoms with van der Waals surface area (Å²) in [5.74, 6) is 0. The summed E-state index contributed by atoms with van der Waals surface area (Å²) in [4.78, 5) is 31.7. The number of carbonyl (C=O) groups is 1. The van der Waals surface area contributed by atoms with Crippen molar-refractivity contribution < 1.29 is 14.5 Å². The molecule has 1 amide bonds. The second-order valence-electron chi connectivity index (χ2n) is 8.02. The number of ether oxygens (including phenoxy) is 1. The summed E-state index contributed by atoms with van der Waals surface area (Å²) in [6.45, 7) is 9.93. The fraction of sp³-hybridized carbons (Fsp3) is 0.500. The van der Waals surface area contributed by atoms with Gasteiger partial charge in [-0.25, -0.2) is 9.78 Å². The summed E-state index contributed by atoms with van der Waals surface area (Å²) >= 11 is 0. The number of pyridine rings is 1. The van der Waals surface area contributed by atoms with E-state index in [0.29, 0.717) is 25.2 Å². The van der Waals surface area contributed by atoms with Crippen molar-refractivity contribution in [2.24, 2.45) is 0 Å². The van der Waals surface area contributed by atoms with Gasteiger partial charge in [-0.1, -0.05) is 12.1 Å². The molecule has 0 spiro atoms. The summed E-state index contributed by atoms with van der Waals surface area (Å²) in [5.41, 5.74) is 1.52. The Kier molecular flexibility index (Phi) is 5.40. The average Bonchev–Trinajstić information content (AvgIpc) is 2.85. The molecule has 28 heavy (non-hydrogen) atoms. The van der Waals surface area contributed by atoms with Crippen LogP contribution in [0.5, 0.6) is 0 Å². The molecule has 2 heterocycles. The van der Waals surface area contributed by atoms with E-state index in [1.54, 1.807) is 11.0 Å². The lowest BCUT2D eigenvalue weighted by atomic mass is 10.1. The quantitative estimate of drug-likeness (QED) is 0.574. The van der Waals surface area contributed by atoms with Gasteiger partial charge in [0, 0.05) is 49.0 Å². The number of hydrogen-bond acceptors (Lipinski definition) is 6. The van der Waals surface area contributed by atoms with Crippen LogP contribution in [0.3, 0.4) is 0 Å². The van der Waals surface area contributed by atoms with E-state index in [0.717, 1.165) is 29.7 Å². The van der Waals surface area contributed by atoms with Crippen LogP contribution in [-0.4, -0.2) is 52.7 Å². The van der Waals surface area contributed by atoms with Crippen molar-refractivity contribution in [3.63, 3.8) is 0 Å². The maximum absolute atomic E-state index is 12.4. The van der Waals surface area contributed by atoms with Gasteiger partial charge in [0.1, 0.15) is 5.60 Å².